The van der Waals surface area contributed by atoms with E-state index in [1.807, 2.05) is 0 Å². The van der Waals surface area contributed by atoms with Crippen molar-refractivity contribution in [2.75, 3.05) is 20.3 Å². The molecule has 8 heteroatoms. The molecule has 2 unspecified atom stereocenters. The highest BCUT2D eigenvalue weighted by molar-refractivity contribution is 6.31. The summed E-state index contributed by atoms with van der Waals surface area (Å²) in [5.41, 5.74) is 1.35. The summed E-state index contributed by atoms with van der Waals surface area (Å²) in [6, 6.07) is 10.8. The van der Waals surface area contributed by atoms with E-state index in [1.165, 1.54) is 7.11 Å². The largest absolute Gasteiger partial charge is 0.465 e. The SMILES string of the molecule is COC(=O)c1ccc(C2c3c(oc4ccc(Cl)cc4c3=O)C(=O)N2CC2CCCO2)cc1. The molecule has 7 nitrogen and oxygen atoms in total. The van der Waals surface area contributed by atoms with Gasteiger partial charge in [-0.2, -0.15) is 0 Å². The number of halogens is 1. The number of benzene rings is 2. The zero-order chi connectivity index (χ0) is 22.4. The topological polar surface area (TPSA) is 86.0 Å². The number of methoxy groups -OCH3 is 1. The summed E-state index contributed by atoms with van der Waals surface area (Å²) in [5, 5.41) is 0.725. The van der Waals surface area contributed by atoms with Gasteiger partial charge in [0.1, 0.15) is 5.58 Å². The fourth-order valence-corrected chi connectivity index (χ4v) is 4.63. The van der Waals surface area contributed by atoms with Gasteiger partial charge in [0.05, 0.1) is 35.8 Å². The third-order valence-corrected chi connectivity index (χ3v) is 6.23. The highest BCUT2D eigenvalue weighted by Crippen LogP contribution is 2.39. The summed E-state index contributed by atoms with van der Waals surface area (Å²) in [7, 11) is 1.31. The molecule has 0 aliphatic carbocycles. The predicted octanol–water partition coefficient (Wildman–Crippen LogP) is 3.96. The average molecular weight is 454 g/mol. The van der Waals surface area contributed by atoms with Crippen LogP contribution < -0.4 is 5.43 Å². The first-order chi connectivity index (χ1) is 15.5. The lowest BCUT2D eigenvalue weighted by molar-refractivity contribution is 0.0486. The number of nitrogens with zero attached hydrogens (tertiary/aromatic N) is 1. The summed E-state index contributed by atoms with van der Waals surface area (Å²) in [4.78, 5) is 40.4. The molecule has 1 fully saturated rings. The fraction of sp³-hybridized carbons (Fsp3) is 0.292. The molecule has 2 aromatic carbocycles. The Hall–Kier alpha value is -3.16. The lowest BCUT2D eigenvalue weighted by Crippen LogP contribution is -2.36. The normalized spacial score (nSPS) is 20.1. The second kappa shape index (κ2) is 8.07. The molecule has 5 rings (SSSR count). The number of rotatable bonds is 4. The third kappa shape index (κ3) is 3.38. The van der Waals surface area contributed by atoms with Crippen LogP contribution >= 0.6 is 11.6 Å². The van der Waals surface area contributed by atoms with Gasteiger partial charge >= 0.3 is 5.97 Å². The van der Waals surface area contributed by atoms with Gasteiger partial charge in [0, 0.05) is 18.2 Å². The number of carbonyl (C=O) groups is 2. The maximum absolute atomic E-state index is 13.5. The molecular weight excluding hydrogens is 434 g/mol. The van der Waals surface area contributed by atoms with Crippen LogP contribution in [0.3, 0.4) is 0 Å². The summed E-state index contributed by atoms with van der Waals surface area (Å²) in [5.74, 6) is -0.785. The van der Waals surface area contributed by atoms with Crippen LogP contribution in [-0.4, -0.2) is 43.1 Å². The van der Waals surface area contributed by atoms with Crippen molar-refractivity contribution in [2.24, 2.45) is 0 Å². The zero-order valence-corrected chi connectivity index (χ0v) is 18.1. The first-order valence-corrected chi connectivity index (χ1v) is 10.7. The van der Waals surface area contributed by atoms with E-state index in [-0.39, 0.29) is 28.8 Å². The Morgan fingerprint density at radius 1 is 1.19 bits per heavy atom. The quantitative estimate of drug-likeness (QED) is 0.556. The van der Waals surface area contributed by atoms with Gasteiger partial charge in [-0.05, 0) is 48.7 Å². The molecule has 1 aromatic heterocycles. The van der Waals surface area contributed by atoms with Gasteiger partial charge < -0.3 is 18.8 Å². The fourth-order valence-electron chi connectivity index (χ4n) is 4.45. The Kier molecular flexibility index (Phi) is 5.23. The zero-order valence-electron chi connectivity index (χ0n) is 17.3. The van der Waals surface area contributed by atoms with E-state index in [0.29, 0.717) is 40.3 Å². The Balaban J connectivity index is 1.66. The molecule has 2 aliphatic rings. The lowest BCUT2D eigenvalue weighted by Gasteiger charge is -2.27. The van der Waals surface area contributed by atoms with Crippen molar-refractivity contribution in [3.63, 3.8) is 0 Å². The van der Waals surface area contributed by atoms with Crippen molar-refractivity contribution in [1.82, 2.24) is 4.90 Å². The first-order valence-electron chi connectivity index (χ1n) is 10.3. The second-order valence-electron chi connectivity index (χ2n) is 7.92. The van der Waals surface area contributed by atoms with Gasteiger partial charge in [0.15, 0.2) is 5.43 Å². The van der Waals surface area contributed by atoms with Crippen molar-refractivity contribution in [3.8, 4) is 0 Å². The van der Waals surface area contributed by atoms with E-state index in [9.17, 15) is 14.4 Å². The van der Waals surface area contributed by atoms with Crippen molar-refractivity contribution in [1.29, 1.82) is 0 Å². The van der Waals surface area contributed by atoms with E-state index in [1.54, 1.807) is 47.4 Å². The van der Waals surface area contributed by atoms with Gasteiger partial charge in [-0.1, -0.05) is 23.7 Å². The van der Waals surface area contributed by atoms with Crippen molar-refractivity contribution in [3.05, 3.63) is 80.2 Å². The lowest BCUT2D eigenvalue weighted by atomic mass is 9.97. The van der Waals surface area contributed by atoms with Gasteiger partial charge in [-0.15, -0.1) is 0 Å². The molecule has 164 valence electrons. The first kappa shape index (κ1) is 20.7. The molecule has 0 radical (unpaired) electrons. The molecule has 1 saturated heterocycles. The van der Waals surface area contributed by atoms with Crippen LogP contribution in [0, 0.1) is 0 Å². The molecule has 32 heavy (non-hydrogen) atoms. The van der Waals surface area contributed by atoms with Crippen LogP contribution in [0.2, 0.25) is 5.02 Å². The molecule has 3 aromatic rings. The van der Waals surface area contributed by atoms with Gasteiger partial charge in [-0.25, -0.2) is 4.79 Å². The predicted molar refractivity (Wildman–Crippen MR) is 117 cm³/mol. The number of ether oxygens (including phenoxy) is 2. The van der Waals surface area contributed by atoms with Crippen LogP contribution in [0.25, 0.3) is 11.0 Å². The van der Waals surface area contributed by atoms with E-state index in [2.05, 4.69) is 0 Å². The molecule has 3 heterocycles. The van der Waals surface area contributed by atoms with E-state index in [0.717, 1.165) is 12.8 Å². The van der Waals surface area contributed by atoms with E-state index >= 15 is 0 Å². The molecule has 2 aliphatic heterocycles. The highest BCUT2D eigenvalue weighted by atomic mass is 35.5. The van der Waals surface area contributed by atoms with Crippen LogP contribution in [-0.2, 0) is 9.47 Å². The molecule has 0 spiro atoms. The standard InChI is InChI=1S/C24H20ClNO6/c1-30-24(29)14-6-4-13(5-7-14)20-19-21(27)17-11-15(25)8-9-18(17)32-22(19)23(28)26(20)12-16-3-2-10-31-16/h4-9,11,16,20H,2-3,10,12H2,1H3. The molecule has 0 saturated carbocycles. The van der Waals surface area contributed by atoms with Gasteiger partial charge in [0.25, 0.3) is 5.91 Å². The summed E-state index contributed by atoms with van der Waals surface area (Å²) in [6.07, 6.45) is 1.66. The number of amides is 1. The minimum atomic E-state index is -0.659. The van der Waals surface area contributed by atoms with Gasteiger partial charge in [-0.3, -0.25) is 9.59 Å². The van der Waals surface area contributed by atoms with Crippen molar-refractivity contribution in [2.45, 2.75) is 25.0 Å². The summed E-state index contributed by atoms with van der Waals surface area (Å²) < 4.78 is 16.4. The van der Waals surface area contributed by atoms with Crippen LogP contribution in [0.1, 0.15) is 50.9 Å². The Labute approximate surface area is 188 Å². The Morgan fingerprint density at radius 2 is 1.97 bits per heavy atom. The Morgan fingerprint density at radius 3 is 2.66 bits per heavy atom. The molecule has 0 N–H and O–H groups in total. The van der Waals surface area contributed by atoms with E-state index < -0.39 is 12.0 Å². The van der Waals surface area contributed by atoms with Crippen LogP contribution in [0.15, 0.2) is 51.7 Å². The van der Waals surface area contributed by atoms with Gasteiger partial charge in [0.2, 0.25) is 5.76 Å². The number of fused-ring (bicyclic) bond motifs is 2. The van der Waals surface area contributed by atoms with Crippen molar-refractivity contribution >= 4 is 34.4 Å². The van der Waals surface area contributed by atoms with Crippen molar-refractivity contribution < 1.29 is 23.5 Å². The van der Waals surface area contributed by atoms with E-state index in [4.69, 9.17) is 25.5 Å². The monoisotopic (exact) mass is 453 g/mol. The number of hydrogen-bond donors (Lipinski definition) is 0. The molecular formula is C24H20ClNO6. The smallest absolute Gasteiger partial charge is 0.337 e. The average Bonchev–Trinajstić information content (AvgIpc) is 3.41. The number of carbonyl (C=O) groups excluding carboxylic acids is 2. The molecule has 0 bridgehead atoms. The minimum absolute atomic E-state index is 0.0323. The number of hydrogen-bond acceptors (Lipinski definition) is 6. The van der Waals surface area contributed by atoms with Crippen LogP contribution in [0.4, 0.5) is 0 Å². The highest BCUT2D eigenvalue weighted by Gasteiger charge is 2.44. The molecule has 2 atom stereocenters. The van der Waals surface area contributed by atoms with Crippen LogP contribution in [0.5, 0.6) is 0 Å². The maximum atomic E-state index is 13.5. The molecule has 1 amide bonds. The third-order valence-electron chi connectivity index (χ3n) is 6.00. The minimum Gasteiger partial charge on any atom is -0.465 e. The second-order valence-corrected chi connectivity index (χ2v) is 8.36. The summed E-state index contributed by atoms with van der Waals surface area (Å²) >= 11 is 6.11. The Bertz CT molecular complexity index is 1280. The number of esters is 1. The summed E-state index contributed by atoms with van der Waals surface area (Å²) in [6.45, 7) is 0.987. The maximum Gasteiger partial charge on any atom is 0.337 e.